The molecule has 0 aliphatic carbocycles. The standard InChI is InChI=1S/C42H42N8O9S3/c1-30(2)59-40-14-5-4-13-39(40)48-62(57,58)37-21-17-34(18-22-37)46-42(52)50(29-32-10-8-24-44-27-32)49(28-31-9-7-23-43-26-31)41(51)45-33-15-19-36(20-16-33)61(55,56)38-12-6-11-35(25-38)47-60(3,53)54/h4-27,30,47-48H,28-29H2,1-3H3,(H,45,51)(H,46,52). The first-order chi connectivity index (χ1) is 29.5. The summed E-state index contributed by atoms with van der Waals surface area (Å²) in [6.07, 6.45) is 6.92. The van der Waals surface area contributed by atoms with Crippen LogP contribution in [0.15, 0.2) is 161 Å². The maximum atomic E-state index is 14.3. The van der Waals surface area contributed by atoms with Crippen molar-refractivity contribution in [3.8, 4) is 5.75 Å². The molecular weight excluding hydrogens is 857 g/mol. The summed E-state index contributed by atoms with van der Waals surface area (Å²) in [5.41, 5.74) is 1.84. The SMILES string of the molecule is CC(C)Oc1ccccc1NS(=O)(=O)c1ccc(NC(=O)N(Cc2cccnc2)N(Cc2cccnc2)C(=O)Nc2ccc(S(=O)(=O)c3cccc(NS(C)(=O)=O)c3)cc2)cc1. The Balaban J connectivity index is 1.25. The van der Waals surface area contributed by atoms with Crippen LogP contribution in [-0.2, 0) is 43.0 Å². The Hall–Kier alpha value is -7.03. The topological polar surface area (TPSA) is 226 Å². The van der Waals surface area contributed by atoms with Gasteiger partial charge >= 0.3 is 12.1 Å². The Kier molecular flexibility index (Phi) is 13.7. The minimum absolute atomic E-state index is 0.0682. The van der Waals surface area contributed by atoms with Crippen LogP contribution in [0.4, 0.5) is 32.3 Å². The number of anilines is 4. The minimum Gasteiger partial charge on any atom is -0.489 e. The molecule has 2 aromatic heterocycles. The van der Waals surface area contributed by atoms with E-state index in [-0.39, 0.29) is 56.6 Å². The van der Waals surface area contributed by atoms with Crippen molar-refractivity contribution < 1.29 is 39.6 Å². The molecule has 322 valence electrons. The van der Waals surface area contributed by atoms with Crippen molar-refractivity contribution in [2.24, 2.45) is 0 Å². The van der Waals surface area contributed by atoms with Gasteiger partial charge in [0, 0.05) is 41.8 Å². The average molecular weight is 899 g/mol. The van der Waals surface area contributed by atoms with Crippen molar-refractivity contribution in [2.45, 2.75) is 47.7 Å². The van der Waals surface area contributed by atoms with Gasteiger partial charge in [0.15, 0.2) is 0 Å². The molecule has 17 nitrogen and oxygen atoms in total. The molecule has 20 heteroatoms. The molecule has 0 fully saturated rings. The van der Waals surface area contributed by atoms with Crippen LogP contribution in [0.2, 0.25) is 0 Å². The number of urea groups is 2. The third-order valence-corrected chi connectivity index (χ3v) is 12.4. The van der Waals surface area contributed by atoms with Crippen LogP contribution in [-0.4, -0.2) is 69.7 Å². The number of aromatic nitrogens is 2. The van der Waals surface area contributed by atoms with Gasteiger partial charge in [-0.25, -0.2) is 44.9 Å². The number of ether oxygens (including phenoxy) is 1. The van der Waals surface area contributed by atoms with Crippen LogP contribution in [0.3, 0.4) is 0 Å². The van der Waals surface area contributed by atoms with Crippen LogP contribution < -0.4 is 24.8 Å². The number of amides is 4. The number of nitrogens with one attached hydrogen (secondary N) is 4. The Labute approximate surface area is 359 Å². The van der Waals surface area contributed by atoms with Crippen molar-refractivity contribution in [2.75, 3.05) is 26.3 Å². The molecule has 0 unspecified atom stereocenters. The van der Waals surface area contributed by atoms with Gasteiger partial charge < -0.3 is 15.4 Å². The molecule has 0 aliphatic heterocycles. The molecule has 62 heavy (non-hydrogen) atoms. The predicted octanol–water partition coefficient (Wildman–Crippen LogP) is 6.95. The third kappa shape index (κ3) is 11.8. The number of hydrogen-bond donors (Lipinski definition) is 4. The zero-order valence-corrected chi connectivity index (χ0v) is 36.0. The lowest BCUT2D eigenvalue weighted by atomic mass is 10.2. The van der Waals surface area contributed by atoms with Crippen LogP contribution in [0, 0.1) is 0 Å². The molecule has 0 spiro atoms. The maximum Gasteiger partial charge on any atom is 0.341 e. The Morgan fingerprint density at radius 1 is 0.597 bits per heavy atom. The van der Waals surface area contributed by atoms with E-state index in [4.69, 9.17) is 4.74 Å². The average Bonchev–Trinajstić information content (AvgIpc) is 3.23. The number of benzene rings is 4. The van der Waals surface area contributed by atoms with Gasteiger partial charge in [-0.2, -0.15) is 0 Å². The summed E-state index contributed by atoms with van der Waals surface area (Å²) in [5, 5.41) is 7.77. The van der Waals surface area contributed by atoms with E-state index in [0.717, 1.165) is 16.3 Å². The third-order valence-electron chi connectivity index (χ3n) is 8.64. The van der Waals surface area contributed by atoms with E-state index in [0.29, 0.717) is 16.9 Å². The second kappa shape index (κ2) is 19.1. The molecule has 0 bridgehead atoms. The van der Waals surface area contributed by atoms with E-state index in [1.54, 1.807) is 60.9 Å². The van der Waals surface area contributed by atoms with Crippen molar-refractivity contribution in [3.05, 3.63) is 157 Å². The number of hydrogen-bond acceptors (Lipinski definition) is 11. The first-order valence-corrected chi connectivity index (χ1v) is 23.6. The Bertz CT molecular complexity index is 2850. The number of carbonyl (C=O) groups is 2. The summed E-state index contributed by atoms with van der Waals surface area (Å²) in [6, 6.07) is 28.0. The predicted molar refractivity (Wildman–Crippen MR) is 234 cm³/mol. The lowest BCUT2D eigenvalue weighted by molar-refractivity contribution is 0.0466. The number of rotatable bonds is 15. The van der Waals surface area contributed by atoms with Gasteiger partial charge in [0.1, 0.15) is 5.75 Å². The number of hydrazine groups is 1. The summed E-state index contributed by atoms with van der Waals surface area (Å²) in [7, 11) is -11.9. The normalized spacial score (nSPS) is 11.6. The van der Waals surface area contributed by atoms with Gasteiger partial charge in [-0.05, 0) is 116 Å². The van der Waals surface area contributed by atoms with E-state index < -0.39 is 41.9 Å². The lowest BCUT2D eigenvalue weighted by Crippen LogP contribution is -2.52. The molecule has 0 radical (unpaired) electrons. The van der Waals surface area contributed by atoms with Crippen LogP contribution in [0.25, 0.3) is 0 Å². The van der Waals surface area contributed by atoms with Crippen molar-refractivity contribution in [3.63, 3.8) is 0 Å². The number of sulfonamides is 2. The molecule has 0 saturated carbocycles. The maximum absolute atomic E-state index is 14.3. The first-order valence-electron chi connectivity index (χ1n) is 18.7. The smallest absolute Gasteiger partial charge is 0.341 e. The number of para-hydroxylation sites is 2. The van der Waals surface area contributed by atoms with E-state index in [1.165, 1.54) is 85.2 Å². The van der Waals surface area contributed by atoms with Crippen molar-refractivity contribution in [1.29, 1.82) is 0 Å². The van der Waals surface area contributed by atoms with E-state index >= 15 is 0 Å². The summed E-state index contributed by atoms with van der Waals surface area (Å²) >= 11 is 0. The second-order valence-corrected chi connectivity index (χ2v) is 19.3. The molecule has 4 N–H and O–H groups in total. The molecule has 4 amide bonds. The van der Waals surface area contributed by atoms with Gasteiger partial charge in [-0.1, -0.05) is 30.3 Å². The molecule has 0 aliphatic rings. The first kappa shape index (κ1) is 44.5. The van der Waals surface area contributed by atoms with Crippen molar-refractivity contribution in [1.82, 2.24) is 20.0 Å². The summed E-state index contributed by atoms with van der Waals surface area (Å²) in [5.74, 6) is 0.359. The van der Waals surface area contributed by atoms with Gasteiger partial charge in [0.05, 0.1) is 45.8 Å². The minimum atomic E-state index is -4.11. The number of nitrogens with zero attached hydrogens (tertiary/aromatic N) is 4. The molecule has 4 aromatic carbocycles. The van der Waals surface area contributed by atoms with E-state index in [9.17, 15) is 34.8 Å². The van der Waals surface area contributed by atoms with Gasteiger partial charge in [-0.15, -0.1) is 0 Å². The van der Waals surface area contributed by atoms with Crippen molar-refractivity contribution >= 4 is 64.7 Å². The largest absolute Gasteiger partial charge is 0.489 e. The van der Waals surface area contributed by atoms with E-state index in [1.807, 2.05) is 13.8 Å². The summed E-state index contributed by atoms with van der Waals surface area (Å²) in [6.45, 7) is 3.35. The fraction of sp³-hybridized carbons (Fsp3) is 0.143. The van der Waals surface area contributed by atoms with Crippen LogP contribution >= 0.6 is 0 Å². The zero-order valence-electron chi connectivity index (χ0n) is 33.5. The molecule has 6 rings (SSSR count). The highest BCUT2D eigenvalue weighted by atomic mass is 32.2. The molecular formula is C42H42N8O9S3. The van der Waals surface area contributed by atoms with Crippen LogP contribution in [0.5, 0.6) is 5.75 Å². The Morgan fingerprint density at radius 2 is 1.13 bits per heavy atom. The highest BCUT2D eigenvalue weighted by Gasteiger charge is 2.28. The molecule has 6 aromatic rings. The monoisotopic (exact) mass is 898 g/mol. The van der Waals surface area contributed by atoms with E-state index in [2.05, 4.69) is 30.0 Å². The highest BCUT2D eigenvalue weighted by molar-refractivity contribution is 7.93. The highest BCUT2D eigenvalue weighted by Crippen LogP contribution is 2.29. The summed E-state index contributed by atoms with van der Waals surface area (Å²) in [4.78, 5) is 36.4. The fourth-order valence-electron chi connectivity index (χ4n) is 5.86. The number of sulfone groups is 1. The molecule has 0 saturated heterocycles. The van der Waals surface area contributed by atoms with Gasteiger partial charge in [0.25, 0.3) is 10.0 Å². The van der Waals surface area contributed by atoms with Crippen LogP contribution in [0.1, 0.15) is 25.0 Å². The fourth-order valence-corrected chi connectivity index (χ4v) is 8.79. The molecule has 2 heterocycles. The Morgan fingerprint density at radius 3 is 1.63 bits per heavy atom. The van der Waals surface area contributed by atoms with Gasteiger partial charge in [-0.3, -0.25) is 19.4 Å². The number of carbonyl (C=O) groups excluding carboxylic acids is 2. The second-order valence-electron chi connectivity index (χ2n) is 13.9. The lowest BCUT2D eigenvalue weighted by Gasteiger charge is -2.35. The number of pyridine rings is 2. The van der Waals surface area contributed by atoms with Gasteiger partial charge in [0.2, 0.25) is 19.9 Å². The molecule has 0 atom stereocenters. The quantitative estimate of drug-likeness (QED) is 0.0771. The zero-order chi connectivity index (χ0) is 44.5. The summed E-state index contributed by atoms with van der Waals surface area (Å²) < 4.78 is 87.8.